The first-order valence-corrected chi connectivity index (χ1v) is 9.64. The van der Waals surface area contributed by atoms with Crippen LogP contribution in [0.3, 0.4) is 0 Å². The molecule has 0 N–H and O–H groups in total. The van der Waals surface area contributed by atoms with Crippen LogP contribution in [0, 0.1) is 0 Å². The maximum atomic E-state index is 12.9. The van der Waals surface area contributed by atoms with E-state index in [1.54, 1.807) is 34.8 Å². The standard InChI is InChI=1S/C23H20N4O2/c1-26(15-16-7-3-2-4-8-16)23(28)18-11-12-22-24-14-19(27(22)25-18)21-13-17-9-5-6-10-20(17)29-21/h3,5-14H,2,4,15H2,1H3. The summed E-state index contributed by atoms with van der Waals surface area (Å²) in [7, 11) is 1.80. The Morgan fingerprint density at radius 1 is 1.21 bits per heavy atom. The third-order valence-electron chi connectivity index (χ3n) is 5.10. The molecule has 1 aliphatic carbocycles. The van der Waals surface area contributed by atoms with Crippen LogP contribution < -0.4 is 0 Å². The van der Waals surface area contributed by atoms with Crippen molar-refractivity contribution in [3.05, 3.63) is 78.2 Å². The second kappa shape index (κ2) is 7.05. The molecule has 3 heterocycles. The highest BCUT2D eigenvalue weighted by Gasteiger charge is 2.18. The lowest BCUT2D eigenvalue weighted by molar-refractivity contribution is 0.0800. The van der Waals surface area contributed by atoms with E-state index in [2.05, 4.69) is 28.3 Å². The highest BCUT2D eigenvalue weighted by atomic mass is 16.3. The van der Waals surface area contributed by atoms with Crippen molar-refractivity contribution >= 4 is 22.5 Å². The van der Waals surface area contributed by atoms with E-state index in [0.717, 1.165) is 29.4 Å². The number of nitrogens with zero attached hydrogens (tertiary/aromatic N) is 4. The molecular formula is C23H20N4O2. The van der Waals surface area contributed by atoms with Crippen molar-refractivity contribution < 1.29 is 9.21 Å². The fourth-order valence-electron chi connectivity index (χ4n) is 3.59. The molecule has 0 atom stereocenters. The van der Waals surface area contributed by atoms with Crippen LogP contribution in [0.5, 0.6) is 0 Å². The van der Waals surface area contributed by atoms with Crippen molar-refractivity contribution in [2.45, 2.75) is 12.8 Å². The van der Waals surface area contributed by atoms with Gasteiger partial charge in [-0.15, -0.1) is 0 Å². The summed E-state index contributed by atoms with van der Waals surface area (Å²) in [6, 6.07) is 13.3. The van der Waals surface area contributed by atoms with Gasteiger partial charge in [-0.1, -0.05) is 36.4 Å². The molecule has 5 rings (SSSR count). The van der Waals surface area contributed by atoms with Gasteiger partial charge in [0, 0.05) is 19.0 Å². The number of allylic oxidation sites excluding steroid dienone is 2. The van der Waals surface area contributed by atoms with Gasteiger partial charge in [-0.3, -0.25) is 4.79 Å². The molecule has 6 heteroatoms. The van der Waals surface area contributed by atoms with Crippen LogP contribution in [0.25, 0.3) is 28.1 Å². The number of hydrogen-bond acceptors (Lipinski definition) is 4. The minimum atomic E-state index is -0.129. The number of amides is 1. The van der Waals surface area contributed by atoms with Crippen molar-refractivity contribution in [3.8, 4) is 11.5 Å². The van der Waals surface area contributed by atoms with Crippen LogP contribution in [0.15, 0.2) is 76.9 Å². The number of para-hydroxylation sites is 1. The Bertz CT molecular complexity index is 1250. The SMILES string of the molecule is CN(CC1=CCCC=C1)C(=O)c1ccc2ncc(-c3cc4ccccc4o3)n2n1. The Morgan fingerprint density at radius 2 is 2.10 bits per heavy atom. The Labute approximate surface area is 167 Å². The number of fused-ring (bicyclic) bond motifs is 2. The summed E-state index contributed by atoms with van der Waals surface area (Å²) in [6.07, 6.45) is 10.2. The van der Waals surface area contributed by atoms with E-state index < -0.39 is 0 Å². The zero-order valence-electron chi connectivity index (χ0n) is 16.1. The molecule has 0 aliphatic heterocycles. The molecule has 1 aromatic carbocycles. The maximum Gasteiger partial charge on any atom is 0.274 e. The first kappa shape index (κ1) is 17.4. The van der Waals surface area contributed by atoms with E-state index in [-0.39, 0.29) is 5.91 Å². The van der Waals surface area contributed by atoms with Crippen molar-refractivity contribution in [2.24, 2.45) is 0 Å². The normalized spacial score (nSPS) is 13.8. The van der Waals surface area contributed by atoms with Crippen LogP contribution in [0.4, 0.5) is 0 Å². The Balaban J connectivity index is 1.48. The number of furan rings is 1. The number of benzene rings is 1. The van der Waals surface area contributed by atoms with Gasteiger partial charge in [0.15, 0.2) is 11.4 Å². The molecular weight excluding hydrogens is 364 g/mol. The zero-order valence-corrected chi connectivity index (χ0v) is 16.1. The van der Waals surface area contributed by atoms with Crippen LogP contribution in [-0.2, 0) is 0 Å². The van der Waals surface area contributed by atoms with E-state index in [4.69, 9.17) is 4.42 Å². The number of carbonyl (C=O) groups excluding carboxylic acids is 1. The van der Waals surface area contributed by atoms with E-state index in [1.165, 1.54) is 0 Å². The molecule has 3 aromatic heterocycles. The van der Waals surface area contributed by atoms with Crippen LogP contribution in [0.2, 0.25) is 0 Å². The number of rotatable bonds is 4. The van der Waals surface area contributed by atoms with E-state index in [1.807, 2.05) is 30.3 Å². The minimum Gasteiger partial charge on any atom is -0.454 e. The van der Waals surface area contributed by atoms with Crippen LogP contribution >= 0.6 is 0 Å². The zero-order chi connectivity index (χ0) is 19.8. The average Bonchev–Trinajstić information content (AvgIpc) is 3.37. The van der Waals surface area contributed by atoms with Gasteiger partial charge in [-0.25, -0.2) is 9.50 Å². The molecule has 0 bridgehead atoms. The third-order valence-corrected chi connectivity index (χ3v) is 5.10. The summed E-state index contributed by atoms with van der Waals surface area (Å²) in [4.78, 5) is 19.0. The lowest BCUT2D eigenvalue weighted by atomic mass is 10.1. The van der Waals surface area contributed by atoms with Crippen molar-refractivity contribution in [1.29, 1.82) is 0 Å². The number of carbonyl (C=O) groups is 1. The molecule has 144 valence electrons. The van der Waals surface area contributed by atoms with Crippen LogP contribution in [0.1, 0.15) is 23.3 Å². The smallest absolute Gasteiger partial charge is 0.274 e. The fourth-order valence-corrected chi connectivity index (χ4v) is 3.59. The van der Waals surface area contributed by atoms with E-state index >= 15 is 0 Å². The summed E-state index contributed by atoms with van der Waals surface area (Å²) in [5.41, 5.74) is 3.71. The van der Waals surface area contributed by atoms with Crippen molar-refractivity contribution in [2.75, 3.05) is 13.6 Å². The third kappa shape index (κ3) is 3.23. The molecule has 29 heavy (non-hydrogen) atoms. The molecule has 6 nitrogen and oxygen atoms in total. The topological polar surface area (TPSA) is 63.6 Å². The van der Waals surface area contributed by atoms with Gasteiger partial charge >= 0.3 is 0 Å². The Morgan fingerprint density at radius 3 is 2.93 bits per heavy atom. The number of hydrogen-bond donors (Lipinski definition) is 0. The number of likely N-dealkylation sites (N-methyl/N-ethyl adjacent to an activating group) is 1. The van der Waals surface area contributed by atoms with Gasteiger partial charge in [0.2, 0.25) is 0 Å². The molecule has 4 aromatic rings. The van der Waals surface area contributed by atoms with Gasteiger partial charge in [-0.2, -0.15) is 5.10 Å². The average molecular weight is 384 g/mol. The van der Waals surface area contributed by atoms with Crippen molar-refractivity contribution in [1.82, 2.24) is 19.5 Å². The fraction of sp³-hybridized carbons (Fsp3) is 0.174. The molecule has 0 unspecified atom stereocenters. The van der Waals surface area contributed by atoms with Crippen LogP contribution in [-0.4, -0.2) is 39.0 Å². The lowest BCUT2D eigenvalue weighted by Gasteiger charge is -2.18. The molecule has 0 spiro atoms. The monoisotopic (exact) mass is 384 g/mol. The molecule has 0 fully saturated rings. The number of aromatic nitrogens is 3. The predicted molar refractivity (Wildman–Crippen MR) is 112 cm³/mol. The van der Waals surface area contributed by atoms with Gasteiger partial charge in [0.25, 0.3) is 5.91 Å². The Hall–Kier alpha value is -3.67. The van der Waals surface area contributed by atoms with Crippen molar-refractivity contribution in [3.63, 3.8) is 0 Å². The minimum absolute atomic E-state index is 0.129. The highest BCUT2D eigenvalue weighted by Crippen LogP contribution is 2.28. The summed E-state index contributed by atoms with van der Waals surface area (Å²) in [5.74, 6) is 0.540. The van der Waals surface area contributed by atoms with Gasteiger partial charge in [-0.05, 0) is 42.7 Å². The molecule has 1 amide bonds. The van der Waals surface area contributed by atoms with Gasteiger partial charge in [0.05, 0.1) is 6.20 Å². The quantitative estimate of drug-likeness (QED) is 0.520. The first-order chi connectivity index (χ1) is 14.2. The summed E-state index contributed by atoms with van der Waals surface area (Å²) >= 11 is 0. The largest absolute Gasteiger partial charge is 0.454 e. The predicted octanol–water partition coefficient (Wildman–Crippen LogP) is 4.49. The molecule has 0 saturated carbocycles. The first-order valence-electron chi connectivity index (χ1n) is 9.64. The number of imidazole rings is 1. The molecule has 0 radical (unpaired) electrons. The Kier molecular flexibility index (Phi) is 4.24. The molecule has 0 saturated heterocycles. The summed E-state index contributed by atoms with van der Waals surface area (Å²) in [5, 5.41) is 5.57. The summed E-state index contributed by atoms with van der Waals surface area (Å²) in [6.45, 7) is 0.565. The second-order valence-electron chi connectivity index (χ2n) is 7.20. The van der Waals surface area contributed by atoms with E-state index in [0.29, 0.717) is 29.3 Å². The van der Waals surface area contributed by atoms with Gasteiger partial charge in [0.1, 0.15) is 17.0 Å². The highest BCUT2D eigenvalue weighted by molar-refractivity contribution is 5.92. The maximum absolute atomic E-state index is 12.9. The van der Waals surface area contributed by atoms with E-state index in [9.17, 15) is 4.79 Å². The second-order valence-corrected chi connectivity index (χ2v) is 7.20. The summed E-state index contributed by atoms with van der Waals surface area (Å²) < 4.78 is 7.62. The lowest BCUT2D eigenvalue weighted by Crippen LogP contribution is -2.29. The molecule has 1 aliphatic rings. The van der Waals surface area contributed by atoms with Gasteiger partial charge < -0.3 is 9.32 Å².